The van der Waals surface area contributed by atoms with Gasteiger partial charge in [0.1, 0.15) is 0 Å². The lowest BCUT2D eigenvalue weighted by atomic mass is 9.80. The van der Waals surface area contributed by atoms with E-state index in [1.54, 1.807) is 11.1 Å². The van der Waals surface area contributed by atoms with Gasteiger partial charge < -0.3 is 0 Å². The van der Waals surface area contributed by atoms with Crippen LogP contribution < -0.4 is 0 Å². The average Bonchev–Trinajstić information content (AvgIpc) is 2.56. The molecule has 13 heavy (non-hydrogen) atoms. The molecule has 0 heterocycles. The first-order valence-electron chi connectivity index (χ1n) is 5.26. The van der Waals surface area contributed by atoms with Gasteiger partial charge >= 0.3 is 0 Å². The Hall–Kier alpha value is -0.780. The van der Waals surface area contributed by atoms with Gasteiger partial charge in [0.2, 0.25) is 0 Å². The average molecular weight is 170 g/mol. The summed E-state index contributed by atoms with van der Waals surface area (Å²) in [5.74, 6) is 1.55. The molecule has 0 aromatic heterocycles. The first-order valence-corrected chi connectivity index (χ1v) is 5.26. The second-order valence-corrected chi connectivity index (χ2v) is 4.21. The Kier molecular flexibility index (Phi) is 1.68. The molecular weight excluding hydrogens is 156 g/mol. The lowest BCUT2D eigenvalue weighted by Gasteiger charge is -2.24. The molecule has 0 saturated heterocycles. The molecule has 2 unspecified atom stereocenters. The van der Waals surface area contributed by atoms with Crippen LogP contribution in [0.3, 0.4) is 0 Å². The van der Waals surface area contributed by atoms with Crippen molar-refractivity contribution in [2.75, 3.05) is 0 Å². The Bertz CT molecular complexity index is 314. The highest BCUT2D eigenvalue weighted by Crippen LogP contribution is 2.45. The van der Waals surface area contributed by atoms with Gasteiger partial charge in [0.05, 0.1) is 0 Å². The van der Waals surface area contributed by atoms with Gasteiger partial charge in [-0.25, -0.2) is 0 Å². The van der Waals surface area contributed by atoms with Crippen molar-refractivity contribution in [3.05, 3.63) is 41.8 Å². The lowest BCUT2D eigenvalue weighted by molar-refractivity contribution is 0.410. The first-order chi connectivity index (χ1) is 6.45. The van der Waals surface area contributed by atoms with Crippen molar-refractivity contribution in [1.29, 1.82) is 0 Å². The van der Waals surface area contributed by atoms with Crippen LogP contribution in [0.2, 0.25) is 0 Å². The summed E-state index contributed by atoms with van der Waals surface area (Å²) in [5, 5.41) is 0. The molecule has 1 aromatic rings. The molecular formula is C13H14. The molecule has 2 aliphatic rings. The van der Waals surface area contributed by atoms with E-state index in [1.807, 2.05) is 0 Å². The van der Waals surface area contributed by atoms with Crippen molar-refractivity contribution in [1.82, 2.24) is 0 Å². The summed E-state index contributed by atoms with van der Waals surface area (Å²) in [6.07, 6.45) is 8.82. The van der Waals surface area contributed by atoms with E-state index in [9.17, 15) is 0 Å². The van der Waals surface area contributed by atoms with Gasteiger partial charge in [-0.05, 0) is 48.6 Å². The summed E-state index contributed by atoms with van der Waals surface area (Å²) in [6.45, 7) is 0. The SMILES string of the molecule is [C]1CCCC2c3ccccc3CC12. The fourth-order valence-electron chi connectivity index (χ4n) is 2.86. The van der Waals surface area contributed by atoms with Crippen molar-refractivity contribution in [2.24, 2.45) is 5.92 Å². The van der Waals surface area contributed by atoms with Crippen LogP contribution in [0.1, 0.15) is 36.3 Å². The van der Waals surface area contributed by atoms with E-state index in [1.165, 1.54) is 25.7 Å². The molecule has 0 N–H and O–H groups in total. The van der Waals surface area contributed by atoms with E-state index in [2.05, 4.69) is 30.7 Å². The van der Waals surface area contributed by atoms with E-state index < -0.39 is 0 Å². The Morgan fingerprint density at radius 2 is 2.15 bits per heavy atom. The van der Waals surface area contributed by atoms with Crippen LogP contribution in [-0.4, -0.2) is 0 Å². The number of hydrogen-bond donors (Lipinski definition) is 0. The minimum absolute atomic E-state index is 0.742. The van der Waals surface area contributed by atoms with Crippen molar-refractivity contribution in [3.63, 3.8) is 0 Å². The summed E-state index contributed by atoms with van der Waals surface area (Å²) >= 11 is 0. The maximum atomic E-state index is 3.63. The smallest absolute Gasteiger partial charge is 0.0122 e. The zero-order valence-electron chi connectivity index (χ0n) is 7.79. The summed E-state index contributed by atoms with van der Waals surface area (Å²) in [4.78, 5) is 0. The van der Waals surface area contributed by atoms with E-state index >= 15 is 0 Å². The zero-order chi connectivity index (χ0) is 8.67. The fourth-order valence-corrected chi connectivity index (χ4v) is 2.86. The normalized spacial score (nSPS) is 31.1. The predicted octanol–water partition coefficient (Wildman–Crippen LogP) is 3.21. The molecule has 1 fully saturated rings. The highest BCUT2D eigenvalue weighted by molar-refractivity contribution is 5.37. The molecule has 2 atom stereocenters. The Labute approximate surface area is 80.0 Å². The van der Waals surface area contributed by atoms with Crippen molar-refractivity contribution in [2.45, 2.75) is 31.6 Å². The standard InChI is InChI=1S/C13H14/c1-3-7-12-10(5-1)9-11-6-2-4-8-13(11)12/h1,3,5,7,11,13H,2,4,8-9H2. The van der Waals surface area contributed by atoms with Crippen molar-refractivity contribution >= 4 is 0 Å². The maximum absolute atomic E-state index is 3.63. The Morgan fingerprint density at radius 3 is 3.15 bits per heavy atom. The molecule has 0 bridgehead atoms. The van der Waals surface area contributed by atoms with Crippen LogP contribution in [-0.2, 0) is 6.42 Å². The molecule has 2 aliphatic carbocycles. The third-order valence-electron chi connectivity index (χ3n) is 3.48. The van der Waals surface area contributed by atoms with Gasteiger partial charge in [0, 0.05) is 0 Å². The van der Waals surface area contributed by atoms with Crippen molar-refractivity contribution < 1.29 is 0 Å². The third-order valence-corrected chi connectivity index (χ3v) is 3.48. The molecule has 0 spiro atoms. The highest BCUT2D eigenvalue weighted by atomic mass is 14.4. The minimum atomic E-state index is 0.742. The molecule has 0 aliphatic heterocycles. The van der Waals surface area contributed by atoms with Crippen molar-refractivity contribution in [3.8, 4) is 0 Å². The second-order valence-electron chi connectivity index (χ2n) is 4.21. The summed E-state index contributed by atoms with van der Waals surface area (Å²) in [7, 11) is 0. The van der Waals surface area contributed by atoms with Crippen LogP contribution in [0.4, 0.5) is 0 Å². The van der Waals surface area contributed by atoms with Crippen LogP contribution >= 0.6 is 0 Å². The number of hydrogen-bond acceptors (Lipinski definition) is 0. The topological polar surface area (TPSA) is 0 Å². The van der Waals surface area contributed by atoms with E-state index in [0.717, 1.165) is 11.8 Å². The maximum Gasteiger partial charge on any atom is -0.0122 e. The molecule has 2 radical (unpaired) electrons. The van der Waals surface area contributed by atoms with Crippen LogP contribution in [0.5, 0.6) is 0 Å². The van der Waals surface area contributed by atoms with E-state index in [4.69, 9.17) is 0 Å². The van der Waals surface area contributed by atoms with Gasteiger partial charge in [0.25, 0.3) is 0 Å². The quantitative estimate of drug-likeness (QED) is 0.561. The lowest BCUT2D eigenvalue weighted by Crippen LogP contribution is -2.13. The molecule has 0 amide bonds. The van der Waals surface area contributed by atoms with E-state index in [0.29, 0.717) is 0 Å². The Morgan fingerprint density at radius 1 is 1.23 bits per heavy atom. The number of fused-ring (bicyclic) bond motifs is 3. The van der Waals surface area contributed by atoms with Gasteiger partial charge in [-0.2, -0.15) is 0 Å². The minimum Gasteiger partial charge on any atom is -0.0620 e. The van der Waals surface area contributed by atoms with Gasteiger partial charge in [0.15, 0.2) is 0 Å². The molecule has 0 nitrogen and oxygen atoms in total. The van der Waals surface area contributed by atoms with E-state index in [-0.39, 0.29) is 0 Å². The van der Waals surface area contributed by atoms with Crippen LogP contribution in [0, 0.1) is 12.3 Å². The molecule has 3 rings (SSSR count). The fraction of sp³-hybridized carbons (Fsp3) is 0.462. The Balaban J connectivity index is 2.01. The third kappa shape index (κ3) is 1.12. The number of benzene rings is 1. The molecule has 0 heteroatoms. The highest BCUT2D eigenvalue weighted by Gasteiger charge is 2.33. The summed E-state index contributed by atoms with van der Waals surface area (Å²) in [5.41, 5.74) is 3.19. The van der Waals surface area contributed by atoms with Gasteiger partial charge in [-0.3, -0.25) is 0 Å². The summed E-state index contributed by atoms with van der Waals surface area (Å²) < 4.78 is 0. The summed E-state index contributed by atoms with van der Waals surface area (Å²) in [6, 6.07) is 8.94. The number of rotatable bonds is 0. The monoisotopic (exact) mass is 170 g/mol. The second kappa shape index (κ2) is 2.87. The predicted molar refractivity (Wildman–Crippen MR) is 53.5 cm³/mol. The molecule has 1 aromatic carbocycles. The van der Waals surface area contributed by atoms with Gasteiger partial charge in [-0.1, -0.05) is 30.7 Å². The zero-order valence-corrected chi connectivity index (χ0v) is 7.79. The van der Waals surface area contributed by atoms with Crippen LogP contribution in [0.25, 0.3) is 0 Å². The van der Waals surface area contributed by atoms with Gasteiger partial charge in [-0.15, -0.1) is 0 Å². The van der Waals surface area contributed by atoms with Crippen LogP contribution in [0.15, 0.2) is 24.3 Å². The largest absolute Gasteiger partial charge is 0.0620 e. The molecule has 1 saturated carbocycles. The first kappa shape index (κ1) is 7.61. The molecule has 66 valence electrons.